The Labute approximate surface area is 212 Å². The van der Waals surface area contributed by atoms with Crippen LogP contribution in [0.5, 0.6) is 0 Å². The minimum atomic E-state index is -0.532. The van der Waals surface area contributed by atoms with Gasteiger partial charge in [-0.3, -0.25) is 4.79 Å². The standard InChI is InChI=1S/C30H45NO4/c1-7-21(2)20-31-18-17-26(29(31)33)16-10-14-23(4)12-8-11-22(3)13-9-15-24(5)19-27-28(32)25(6)30(34)35-27/h8,11-12,15,17,21-22,27,32H,7,9-10,13-14,16,18-20H2,1-6H3/b11-8+,23-12+,24-15-/t21?,22-,27+/m1/s1. The maximum atomic E-state index is 12.5. The van der Waals surface area contributed by atoms with Crippen molar-refractivity contribution in [2.45, 2.75) is 92.6 Å². The molecular weight excluding hydrogens is 438 g/mol. The molecule has 2 aliphatic heterocycles. The third kappa shape index (κ3) is 9.19. The Hall–Kier alpha value is -2.56. The van der Waals surface area contributed by atoms with Gasteiger partial charge in [-0.25, -0.2) is 4.79 Å². The number of esters is 1. The normalized spacial score (nSPS) is 21.3. The van der Waals surface area contributed by atoms with E-state index in [9.17, 15) is 14.7 Å². The minimum absolute atomic E-state index is 0.0661. The van der Waals surface area contributed by atoms with Crippen molar-refractivity contribution in [3.63, 3.8) is 0 Å². The van der Waals surface area contributed by atoms with E-state index in [4.69, 9.17) is 4.74 Å². The molecule has 0 saturated heterocycles. The fraction of sp³-hybridized carbons (Fsp3) is 0.600. The fourth-order valence-corrected chi connectivity index (χ4v) is 4.34. The van der Waals surface area contributed by atoms with E-state index in [2.05, 4.69) is 58.1 Å². The first-order chi connectivity index (χ1) is 16.6. The molecule has 2 aliphatic rings. The Bertz CT molecular complexity index is 905. The number of amides is 1. The number of cyclic esters (lactones) is 1. The minimum Gasteiger partial charge on any atom is -0.508 e. The van der Waals surface area contributed by atoms with Crippen LogP contribution in [0.15, 0.2) is 58.4 Å². The molecule has 0 aromatic carbocycles. The van der Waals surface area contributed by atoms with E-state index in [1.165, 1.54) is 5.57 Å². The van der Waals surface area contributed by atoms with Crippen LogP contribution < -0.4 is 0 Å². The second-order valence-electron chi connectivity index (χ2n) is 10.4. The molecule has 0 fully saturated rings. The summed E-state index contributed by atoms with van der Waals surface area (Å²) in [6.45, 7) is 14.0. The zero-order valence-corrected chi connectivity index (χ0v) is 22.6. The van der Waals surface area contributed by atoms with Gasteiger partial charge in [0.25, 0.3) is 0 Å². The van der Waals surface area contributed by atoms with Gasteiger partial charge in [-0.2, -0.15) is 0 Å². The lowest BCUT2D eigenvalue weighted by Crippen LogP contribution is -2.31. The number of hydrogen-bond donors (Lipinski definition) is 1. The molecule has 5 heteroatoms. The number of ether oxygens (including phenoxy) is 1. The Morgan fingerprint density at radius 3 is 2.66 bits per heavy atom. The molecule has 0 spiro atoms. The molecule has 0 saturated carbocycles. The van der Waals surface area contributed by atoms with Gasteiger partial charge in [0.2, 0.25) is 5.91 Å². The lowest BCUT2D eigenvalue weighted by Gasteiger charge is -2.20. The molecular formula is C30H45NO4. The molecule has 0 aromatic rings. The Balaban J connectivity index is 1.65. The lowest BCUT2D eigenvalue weighted by molar-refractivity contribution is -0.140. The maximum absolute atomic E-state index is 12.5. The van der Waals surface area contributed by atoms with Crippen molar-refractivity contribution in [3.8, 4) is 0 Å². The predicted octanol–water partition coefficient (Wildman–Crippen LogP) is 6.98. The summed E-state index contributed by atoms with van der Waals surface area (Å²) < 4.78 is 5.20. The fourth-order valence-electron chi connectivity index (χ4n) is 4.34. The lowest BCUT2D eigenvalue weighted by atomic mass is 10.0. The van der Waals surface area contributed by atoms with Crippen LogP contribution in [0.1, 0.15) is 86.5 Å². The van der Waals surface area contributed by atoms with E-state index in [0.717, 1.165) is 62.8 Å². The van der Waals surface area contributed by atoms with Crippen LogP contribution in [0.2, 0.25) is 0 Å². The largest absolute Gasteiger partial charge is 0.508 e. The van der Waals surface area contributed by atoms with Crippen molar-refractivity contribution >= 4 is 11.9 Å². The van der Waals surface area contributed by atoms with Crippen LogP contribution >= 0.6 is 0 Å². The highest BCUT2D eigenvalue weighted by Crippen LogP contribution is 2.25. The van der Waals surface area contributed by atoms with E-state index in [1.807, 2.05) is 11.8 Å². The molecule has 2 heterocycles. The summed E-state index contributed by atoms with van der Waals surface area (Å²) >= 11 is 0. The number of nitrogens with zero attached hydrogens (tertiary/aromatic N) is 1. The predicted molar refractivity (Wildman–Crippen MR) is 143 cm³/mol. The average molecular weight is 484 g/mol. The summed E-state index contributed by atoms with van der Waals surface area (Å²) in [5.41, 5.74) is 3.76. The summed E-state index contributed by atoms with van der Waals surface area (Å²) in [5, 5.41) is 9.97. The van der Waals surface area contributed by atoms with Gasteiger partial charge in [0.15, 0.2) is 6.10 Å². The highest BCUT2D eigenvalue weighted by Gasteiger charge is 2.31. The zero-order chi connectivity index (χ0) is 26.0. The monoisotopic (exact) mass is 483 g/mol. The van der Waals surface area contributed by atoms with Gasteiger partial charge in [0.1, 0.15) is 5.76 Å². The quantitative estimate of drug-likeness (QED) is 0.164. The van der Waals surface area contributed by atoms with Crippen LogP contribution in [-0.2, 0) is 14.3 Å². The van der Waals surface area contributed by atoms with E-state index in [1.54, 1.807) is 6.92 Å². The molecule has 5 nitrogen and oxygen atoms in total. The highest BCUT2D eigenvalue weighted by molar-refractivity contribution is 5.95. The zero-order valence-electron chi connectivity index (χ0n) is 22.6. The first-order valence-corrected chi connectivity index (χ1v) is 13.2. The summed E-state index contributed by atoms with van der Waals surface area (Å²) in [5.74, 6) is 0.894. The number of aliphatic hydroxyl groups excluding tert-OH is 1. The number of carbonyl (C=O) groups excluding carboxylic acids is 2. The molecule has 35 heavy (non-hydrogen) atoms. The van der Waals surface area contributed by atoms with Gasteiger partial charge in [-0.15, -0.1) is 0 Å². The molecule has 0 bridgehead atoms. The van der Waals surface area contributed by atoms with Crippen LogP contribution in [0, 0.1) is 11.8 Å². The molecule has 0 aliphatic carbocycles. The third-order valence-electron chi connectivity index (χ3n) is 7.05. The van der Waals surface area contributed by atoms with Crippen molar-refractivity contribution in [2.24, 2.45) is 11.8 Å². The Morgan fingerprint density at radius 1 is 1.26 bits per heavy atom. The van der Waals surface area contributed by atoms with Gasteiger partial charge in [0.05, 0.1) is 5.57 Å². The van der Waals surface area contributed by atoms with Gasteiger partial charge in [-0.05, 0) is 64.7 Å². The number of carbonyl (C=O) groups is 2. The molecule has 0 radical (unpaired) electrons. The van der Waals surface area contributed by atoms with Gasteiger partial charge >= 0.3 is 5.97 Å². The summed E-state index contributed by atoms with van der Waals surface area (Å²) in [6.07, 6.45) is 16.8. The van der Waals surface area contributed by atoms with E-state index < -0.39 is 12.1 Å². The number of allylic oxidation sites excluding steroid dienone is 5. The average Bonchev–Trinajstić information content (AvgIpc) is 3.27. The smallest absolute Gasteiger partial charge is 0.338 e. The summed E-state index contributed by atoms with van der Waals surface area (Å²) in [7, 11) is 0. The first kappa shape index (κ1) is 28.7. The number of rotatable bonds is 14. The second-order valence-corrected chi connectivity index (χ2v) is 10.4. The van der Waals surface area contributed by atoms with Crippen molar-refractivity contribution in [1.82, 2.24) is 4.90 Å². The molecule has 1 N–H and O–H groups in total. The van der Waals surface area contributed by atoms with Crippen molar-refractivity contribution < 1.29 is 19.4 Å². The maximum Gasteiger partial charge on any atom is 0.338 e. The van der Waals surface area contributed by atoms with Crippen LogP contribution in [0.25, 0.3) is 0 Å². The molecule has 1 unspecified atom stereocenters. The van der Waals surface area contributed by atoms with Gasteiger partial charge in [0, 0.05) is 25.1 Å². The van der Waals surface area contributed by atoms with E-state index in [0.29, 0.717) is 23.8 Å². The molecule has 3 atom stereocenters. The van der Waals surface area contributed by atoms with Gasteiger partial charge in [-0.1, -0.05) is 68.7 Å². The van der Waals surface area contributed by atoms with E-state index >= 15 is 0 Å². The van der Waals surface area contributed by atoms with Crippen molar-refractivity contribution in [2.75, 3.05) is 13.1 Å². The Morgan fingerprint density at radius 2 is 2.00 bits per heavy atom. The second kappa shape index (κ2) is 14.1. The van der Waals surface area contributed by atoms with Crippen LogP contribution in [0.4, 0.5) is 0 Å². The summed E-state index contributed by atoms with van der Waals surface area (Å²) in [4.78, 5) is 26.0. The SMILES string of the molecule is CCC(C)CN1CC=C(CCC/C(C)=C/C=C/[C@@H](C)CC/C=C(/C)C[C@@H]2OC(=O)C(C)=C2O)C1=O. The van der Waals surface area contributed by atoms with Gasteiger partial charge < -0.3 is 14.7 Å². The first-order valence-electron chi connectivity index (χ1n) is 13.2. The molecule has 194 valence electrons. The highest BCUT2D eigenvalue weighted by atomic mass is 16.6. The number of aliphatic hydroxyl groups is 1. The summed E-state index contributed by atoms with van der Waals surface area (Å²) in [6, 6.07) is 0. The topological polar surface area (TPSA) is 66.8 Å². The third-order valence-corrected chi connectivity index (χ3v) is 7.05. The van der Waals surface area contributed by atoms with Crippen LogP contribution in [-0.4, -0.2) is 41.1 Å². The molecule has 0 aromatic heterocycles. The van der Waals surface area contributed by atoms with Crippen LogP contribution in [0.3, 0.4) is 0 Å². The molecule has 1 amide bonds. The van der Waals surface area contributed by atoms with Crippen molar-refractivity contribution in [3.05, 3.63) is 58.4 Å². The molecule has 2 rings (SSSR count). The number of hydrogen-bond acceptors (Lipinski definition) is 4. The van der Waals surface area contributed by atoms with Crippen molar-refractivity contribution in [1.29, 1.82) is 0 Å². The van der Waals surface area contributed by atoms with E-state index in [-0.39, 0.29) is 11.7 Å². The Kier molecular flexibility index (Phi) is 11.6.